The number of carbonyl (C=O) groups is 1. The number of amides is 1. The summed E-state index contributed by atoms with van der Waals surface area (Å²) in [5, 5.41) is 0.372. The van der Waals surface area contributed by atoms with Crippen LogP contribution in [-0.2, 0) is 4.74 Å². The van der Waals surface area contributed by atoms with Crippen LogP contribution in [0, 0.1) is 0 Å². The second-order valence-corrected chi connectivity index (χ2v) is 7.30. The van der Waals surface area contributed by atoms with Crippen LogP contribution in [0.3, 0.4) is 0 Å². The smallest absolute Gasteiger partial charge is 0.254 e. The molecule has 3 rings (SSSR count). The molecule has 0 N–H and O–H groups in total. The van der Waals surface area contributed by atoms with Crippen LogP contribution in [0.2, 0.25) is 5.02 Å². The maximum atomic E-state index is 13.2. The fourth-order valence-electron chi connectivity index (χ4n) is 3.34. The molecule has 1 heterocycles. The van der Waals surface area contributed by atoms with Crippen molar-refractivity contribution in [3.05, 3.63) is 58.6 Å². The minimum absolute atomic E-state index is 0.0626. The van der Waals surface area contributed by atoms with Gasteiger partial charge in [-0.2, -0.15) is 0 Å². The Morgan fingerprint density at radius 3 is 2.68 bits per heavy atom. The van der Waals surface area contributed by atoms with E-state index in [0.717, 1.165) is 12.0 Å². The van der Waals surface area contributed by atoms with E-state index in [-0.39, 0.29) is 18.1 Å². The average molecular weight is 404 g/mol. The van der Waals surface area contributed by atoms with E-state index >= 15 is 0 Å². The van der Waals surface area contributed by atoms with Crippen LogP contribution < -0.4 is 9.47 Å². The predicted octanol–water partition coefficient (Wildman–Crippen LogP) is 4.74. The number of benzene rings is 2. The molecule has 2 aromatic rings. The van der Waals surface area contributed by atoms with Gasteiger partial charge in [0.1, 0.15) is 6.10 Å². The van der Waals surface area contributed by atoms with Crippen molar-refractivity contribution in [1.82, 2.24) is 4.90 Å². The molecule has 2 aromatic carbocycles. The Morgan fingerprint density at radius 2 is 2.00 bits per heavy atom. The maximum Gasteiger partial charge on any atom is 0.254 e. The first kappa shape index (κ1) is 20.5. The van der Waals surface area contributed by atoms with Crippen LogP contribution in [0.4, 0.5) is 0 Å². The second-order valence-electron chi connectivity index (χ2n) is 6.89. The summed E-state index contributed by atoms with van der Waals surface area (Å²) >= 11 is 6.38. The van der Waals surface area contributed by atoms with Gasteiger partial charge in [-0.3, -0.25) is 4.79 Å². The molecule has 0 saturated carbocycles. The number of hydrogen-bond donors (Lipinski definition) is 0. The van der Waals surface area contributed by atoms with Gasteiger partial charge in [0.25, 0.3) is 5.91 Å². The number of hydrogen-bond acceptors (Lipinski definition) is 4. The molecule has 6 heteroatoms. The number of nitrogens with zero attached hydrogens (tertiary/aromatic N) is 1. The van der Waals surface area contributed by atoms with Crippen LogP contribution in [0.15, 0.2) is 42.5 Å². The Labute approximate surface area is 171 Å². The molecule has 2 unspecified atom stereocenters. The number of methoxy groups -OCH3 is 1. The van der Waals surface area contributed by atoms with Crippen LogP contribution in [-0.4, -0.2) is 43.7 Å². The molecule has 150 valence electrons. The zero-order valence-electron chi connectivity index (χ0n) is 16.5. The zero-order chi connectivity index (χ0) is 20.1. The lowest BCUT2D eigenvalue weighted by molar-refractivity contribution is -0.0691. The van der Waals surface area contributed by atoms with Crippen LogP contribution in [0.5, 0.6) is 11.5 Å². The monoisotopic (exact) mass is 403 g/mol. The summed E-state index contributed by atoms with van der Waals surface area (Å²) in [5.41, 5.74) is 1.54. The fraction of sp³-hybridized carbons (Fsp3) is 0.409. The molecule has 1 aliphatic rings. The normalized spacial score (nSPS) is 19.4. The van der Waals surface area contributed by atoms with Gasteiger partial charge in [0.15, 0.2) is 11.5 Å². The molecular formula is C22H26ClNO4. The van der Waals surface area contributed by atoms with Crippen LogP contribution in [0.25, 0.3) is 0 Å². The van der Waals surface area contributed by atoms with E-state index < -0.39 is 0 Å². The Bertz CT molecular complexity index is 812. The summed E-state index contributed by atoms with van der Waals surface area (Å²) in [5.74, 6) is 0.837. The molecule has 28 heavy (non-hydrogen) atoms. The van der Waals surface area contributed by atoms with E-state index in [4.69, 9.17) is 25.8 Å². The first-order valence-electron chi connectivity index (χ1n) is 9.53. The third-order valence-electron chi connectivity index (χ3n) is 4.65. The van der Waals surface area contributed by atoms with Gasteiger partial charge in [0.05, 0.1) is 31.4 Å². The summed E-state index contributed by atoms with van der Waals surface area (Å²) in [6.45, 7) is 5.53. The molecule has 0 radical (unpaired) electrons. The quantitative estimate of drug-likeness (QED) is 0.699. The minimum atomic E-state index is -0.154. The Balaban J connectivity index is 1.83. The van der Waals surface area contributed by atoms with Crippen molar-refractivity contribution in [2.75, 3.05) is 26.8 Å². The highest BCUT2D eigenvalue weighted by Crippen LogP contribution is 2.37. The lowest BCUT2D eigenvalue weighted by Gasteiger charge is -2.37. The molecular weight excluding hydrogens is 378 g/mol. The van der Waals surface area contributed by atoms with Crippen molar-refractivity contribution in [3.63, 3.8) is 0 Å². The molecule has 0 bridgehead atoms. The number of ether oxygens (including phenoxy) is 3. The molecule has 1 aliphatic heterocycles. The lowest BCUT2D eigenvalue weighted by atomic mass is 10.1. The summed E-state index contributed by atoms with van der Waals surface area (Å²) in [4.78, 5) is 15.0. The molecule has 5 nitrogen and oxygen atoms in total. The van der Waals surface area contributed by atoms with Gasteiger partial charge in [-0.1, -0.05) is 48.9 Å². The van der Waals surface area contributed by atoms with Gasteiger partial charge in [0, 0.05) is 12.1 Å². The van der Waals surface area contributed by atoms with E-state index in [2.05, 4.69) is 0 Å². The van der Waals surface area contributed by atoms with Crippen molar-refractivity contribution in [3.8, 4) is 11.5 Å². The minimum Gasteiger partial charge on any atom is -0.493 e. The van der Waals surface area contributed by atoms with E-state index in [0.29, 0.717) is 41.8 Å². The van der Waals surface area contributed by atoms with Crippen molar-refractivity contribution < 1.29 is 19.0 Å². The first-order chi connectivity index (χ1) is 13.5. The maximum absolute atomic E-state index is 13.2. The van der Waals surface area contributed by atoms with Crippen molar-refractivity contribution in [2.45, 2.75) is 32.5 Å². The largest absolute Gasteiger partial charge is 0.493 e. The molecule has 0 spiro atoms. The molecule has 2 atom stereocenters. The van der Waals surface area contributed by atoms with E-state index in [1.165, 1.54) is 0 Å². The summed E-state index contributed by atoms with van der Waals surface area (Å²) in [7, 11) is 1.54. The SMILES string of the molecule is CCCOc1c(Cl)cc(C(=O)N2CC(C)OC(c3ccccc3)C2)cc1OC. The third-order valence-corrected chi connectivity index (χ3v) is 4.93. The van der Waals surface area contributed by atoms with Crippen molar-refractivity contribution in [2.24, 2.45) is 0 Å². The Kier molecular flexibility index (Phi) is 6.81. The van der Waals surface area contributed by atoms with Crippen LogP contribution >= 0.6 is 11.6 Å². The molecule has 0 aromatic heterocycles. The number of halogens is 1. The first-order valence-corrected chi connectivity index (χ1v) is 9.91. The highest BCUT2D eigenvalue weighted by molar-refractivity contribution is 6.32. The lowest BCUT2D eigenvalue weighted by Crippen LogP contribution is -2.46. The molecule has 1 saturated heterocycles. The average Bonchev–Trinajstić information content (AvgIpc) is 2.72. The predicted molar refractivity (Wildman–Crippen MR) is 109 cm³/mol. The summed E-state index contributed by atoms with van der Waals surface area (Å²) in [6, 6.07) is 13.3. The van der Waals surface area contributed by atoms with Crippen LogP contribution in [0.1, 0.15) is 42.3 Å². The van der Waals surface area contributed by atoms with E-state index in [1.807, 2.05) is 49.1 Å². The van der Waals surface area contributed by atoms with E-state index in [1.54, 1.807) is 19.2 Å². The Hall–Kier alpha value is -2.24. The Morgan fingerprint density at radius 1 is 1.25 bits per heavy atom. The number of morpholine rings is 1. The third kappa shape index (κ3) is 4.59. The van der Waals surface area contributed by atoms with Gasteiger partial charge in [0.2, 0.25) is 0 Å². The summed E-state index contributed by atoms with van der Waals surface area (Å²) in [6.07, 6.45) is 0.637. The van der Waals surface area contributed by atoms with Gasteiger partial charge >= 0.3 is 0 Å². The molecule has 1 fully saturated rings. The highest BCUT2D eigenvalue weighted by atomic mass is 35.5. The van der Waals surface area contributed by atoms with Gasteiger partial charge in [-0.25, -0.2) is 0 Å². The summed E-state index contributed by atoms with van der Waals surface area (Å²) < 4.78 is 17.1. The number of carbonyl (C=O) groups excluding carboxylic acids is 1. The van der Waals surface area contributed by atoms with Gasteiger partial charge in [-0.05, 0) is 31.0 Å². The number of rotatable bonds is 6. The van der Waals surface area contributed by atoms with Gasteiger partial charge < -0.3 is 19.1 Å². The molecule has 0 aliphatic carbocycles. The standard InChI is InChI=1S/C22H26ClNO4/c1-4-10-27-21-18(23)11-17(12-19(21)26-3)22(25)24-13-15(2)28-20(14-24)16-8-6-5-7-9-16/h5-9,11-12,15,20H,4,10,13-14H2,1-3H3. The fourth-order valence-corrected chi connectivity index (χ4v) is 3.60. The van der Waals surface area contributed by atoms with Crippen molar-refractivity contribution >= 4 is 17.5 Å². The van der Waals surface area contributed by atoms with E-state index in [9.17, 15) is 4.79 Å². The zero-order valence-corrected chi connectivity index (χ0v) is 17.2. The highest BCUT2D eigenvalue weighted by Gasteiger charge is 2.30. The van der Waals surface area contributed by atoms with Gasteiger partial charge in [-0.15, -0.1) is 0 Å². The molecule has 1 amide bonds. The van der Waals surface area contributed by atoms with Crippen molar-refractivity contribution in [1.29, 1.82) is 0 Å². The second kappa shape index (κ2) is 9.30. The topological polar surface area (TPSA) is 48.0 Å².